The van der Waals surface area contributed by atoms with Gasteiger partial charge in [-0.05, 0) is 50.2 Å². The van der Waals surface area contributed by atoms with Crippen LogP contribution in [0.3, 0.4) is 0 Å². The van der Waals surface area contributed by atoms with Crippen molar-refractivity contribution < 1.29 is 19.2 Å². The molecule has 0 bridgehead atoms. The van der Waals surface area contributed by atoms with E-state index in [2.05, 4.69) is 25.8 Å². The number of carbonyl (C=O) groups excluding carboxylic acids is 1. The topological polar surface area (TPSA) is 127 Å². The zero-order valence-corrected chi connectivity index (χ0v) is 22.2. The second-order valence-corrected chi connectivity index (χ2v) is 9.54. The van der Waals surface area contributed by atoms with E-state index in [4.69, 9.17) is 20.9 Å². The van der Waals surface area contributed by atoms with E-state index in [0.29, 0.717) is 46.7 Å². The maximum Gasteiger partial charge on any atom is 0.228 e. The van der Waals surface area contributed by atoms with Crippen LogP contribution in [0.4, 0.5) is 11.5 Å². The van der Waals surface area contributed by atoms with Gasteiger partial charge in [-0.25, -0.2) is 9.97 Å². The number of aliphatic hydroxyl groups is 1. The molecule has 3 heterocycles. The number of aromatic nitrogens is 4. The number of fused-ring (bicyclic) bond motifs is 2. The van der Waals surface area contributed by atoms with Gasteiger partial charge in [0.25, 0.3) is 0 Å². The van der Waals surface area contributed by atoms with Crippen molar-refractivity contribution in [1.82, 2.24) is 25.0 Å². The molecule has 38 heavy (non-hydrogen) atoms. The molecule has 12 heteroatoms. The molecular formula is C26H26Cl2N6O4. The van der Waals surface area contributed by atoms with Crippen molar-refractivity contribution in [3.05, 3.63) is 66.2 Å². The smallest absolute Gasteiger partial charge is 0.228 e. The summed E-state index contributed by atoms with van der Waals surface area (Å²) in [7, 11) is 0. The lowest BCUT2D eigenvalue weighted by atomic mass is 9.94. The molecule has 0 aliphatic carbocycles. The summed E-state index contributed by atoms with van der Waals surface area (Å²) in [5.74, 6) is 1.46. The van der Waals surface area contributed by atoms with Crippen LogP contribution in [0.2, 0.25) is 5.02 Å². The van der Waals surface area contributed by atoms with E-state index in [1.165, 1.54) is 6.33 Å². The van der Waals surface area contributed by atoms with Crippen molar-refractivity contribution in [2.75, 3.05) is 18.5 Å². The third-order valence-corrected chi connectivity index (χ3v) is 6.27. The molecule has 0 spiro atoms. The molecule has 0 radical (unpaired) electrons. The lowest BCUT2D eigenvalue weighted by molar-refractivity contribution is -0.131. The summed E-state index contributed by atoms with van der Waals surface area (Å²) in [4.78, 5) is 21.0. The van der Waals surface area contributed by atoms with E-state index in [0.717, 1.165) is 16.4 Å². The largest absolute Gasteiger partial charge is 0.455 e. The number of benzene rings is 2. The number of anilines is 2. The number of rotatable bonds is 9. The lowest BCUT2D eigenvalue weighted by Crippen LogP contribution is -2.40. The fraction of sp³-hybridized carbons (Fsp3) is 0.231. The third-order valence-electron chi connectivity index (χ3n) is 5.97. The van der Waals surface area contributed by atoms with Crippen molar-refractivity contribution in [1.29, 1.82) is 0 Å². The van der Waals surface area contributed by atoms with Crippen LogP contribution in [-0.2, 0) is 11.3 Å². The van der Waals surface area contributed by atoms with E-state index < -0.39 is 5.41 Å². The molecule has 0 atom stereocenters. The second-order valence-electron chi connectivity index (χ2n) is 9.13. The molecule has 0 unspecified atom stereocenters. The number of hydrogen-bond acceptors (Lipinski definition) is 8. The van der Waals surface area contributed by atoms with Gasteiger partial charge in [-0.1, -0.05) is 22.8 Å². The molecule has 198 valence electrons. The van der Waals surface area contributed by atoms with Crippen LogP contribution in [0, 0.1) is 5.41 Å². The number of aliphatic hydroxyl groups excluding tert-OH is 1. The van der Waals surface area contributed by atoms with Crippen LogP contribution in [0.1, 0.15) is 13.8 Å². The van der Waals surface area contributed by atoms with Gasteiger partial charge in [0.05, 0.1) is 34.1 Å². The summed E-state index contributed by atoms with van der Waals surface area (Å²) in [6.07, 6.45) is 4.98. The Kier molecular flexibility index (Phi) is 8.05. The molecule has 0 saturated carbocycles. The van der Waals surface area contributed by atoms with E-state index in [-0.39, 0.29) is 24.9 Å². The van der Waals surface area contributed by atoms with E-state index >= 15 is 0 Å². The fourth-order valence-corrected chi connectivity index (χ4v) is 4.00. The highest BCUT2D eigenvalue weighted by Gasteiger charge is 2.26. The van der Waals surface area contributed by atoms with Crippen LogP contribution in [0.25, 0.3) is 22.0 Å². The van der Waals surface area contributed by atoms with Crippen molar-refractivity contribution in [2.45, 2.75) is 20.4 Å². The Morgan fingerprint density at radius 3 is 2.82 bits per heavy atom. The maximum atomic E-state index is 12.3. The van der Waals surface area contributed by atoms with Gasteiger partial charge in [-0.15, -0.1) is 12.4 Å². The van der Waals surface area contributed by atoms with Gasteiger partial charge < -0.3 is 29.6 Å². The van der Waals surface area contributed by atoms with Gasteiger partial charge in [0.15, 0.2) is 11.4 Å². The van der Waals surface area contributed by atoms with Gasteiger partial charge in [0.1, 0.15) is 23.3 Å². The Labute approximate surface area is 229 Å². The van der Waals surface area contributed by atoms with Crippen molar-refractivity contribution >= 4 is 63.4 Å². The Morgan fingerprint density at radius 2 is 2.03 bits per heavy atom. The number of nitrogens with one attached hydrogen (secondary N) is 2. The highest BCUT2D eigenvalue weighted by atomic mass is 35.5. The standard InChI is InChI=1S/C26H25ClN6O4.ClH/c1-26(2,14-34)25(35)28-9-11-33-10-8-19-23(33)24(30-15-29-19)32-16-6-7-22(18(27)12-16)36-20-4-3-5-21-17(20)13-31-37-21;/h3-8,10,12-13,15,34H,9,11,14H2,1-2H3,(H,28,35)(H,29,30,32);1H. The van der Waals surface area contributed by atoms with Gasteiger partial charge in [0.2, 0.25) is 5.91 Å². The van der Waals surface area contributed by atoms with E-state index in [9.17, 15) is 9.90 Å². The number of amides is 1. The van der Waals surface area contributed by atoms with Crippen LogP contribution < -0.4 is 15.4 Å². The van der Waals surface area contributed by atoms with Gasteiger partial charge in [-0.3, -0.25) is 4.79 Å². The summed E-state index contributed by atoms with van der Waals surface area (Å²) in [5.41, 5.74) is 2.04. The third kappa shape index (κ3) is 5.52. The molecule has 3 aromatic heterocycles. The minimum Gasteiger partial charge on any atom is -0.455 e. The molecule has 1 amide bonds. The minimum absolute atomic E-state index is 0. The predicted molar refractivity (Wildman–Crippen MR) is 147 cm³/mol. The first-order valence-electron chi connectivity index (χ1n) is 11.6. The monoisotopic (exact) mass is 556 g/mol. The molecule has 2 aromatic carbocycles. The van der Waals surface area contributed by atoms with Crippen LogP contribution in [-0.4, -0.2) is 43.9 Å². The zero-order valence-electron chi connectivity index (χ0n) is 20.6. The highest BCUT2D eigenvalue weighted by Crippen LogP contribution is 2.36. The molecule has 0 saturated heterocycles. The zero-order chi connectivity index (χ0) is 26.0. The van der Waals surface area contributed by atoms with Gasteiger partial charge in [-0.2, -0.15) is 0 Å². The quantitative estimate of drug-likeness (QED) is 0.222. The Morgan fingerprint density at radius 1 is 1.18 bits per heavy atom. The number of hydrogen-bond donors (Lipinski definition) is 3. The first kappa shape index (κ1) is 27.2. The van der Waals surface area contributed by atoms with Crippen molar-refractivity contribution in [3.8, 4) is 11.5 Å². The average molecular weight is 557 g/mol. The number of nitrogens with zero attached hydrogens (tertiary/aromatic N) is 4. The molecular weight excluding hydrogens is 531 g/mol. The van der Waals surface area contributed by atoms with E-state index in [1.54, 1.807) is 32.2 Å². The Balaban J connectivity index is 0.00000336. The van der Waals surface area contributed by atoms with Crippen molar-refractivity contribution in [2.24, 2.45) is 5.41 Å². The summed E-state index contributed by atoms with van der Waals surface area (Å²) in [6.45, 7) is 4.05. The molecule has 0 aliphatic heterocycles. The van der Waals surface area contributed by atoms with E-state index in [1.807, 2.05) is 41.1 Å². The summed E-state index contributed by atoms with van der Waals surface area (Å²) in [6, 6.07) is 12.7. The van der Waals surface area contributed by atoms with Crippen molar-refractivity contribution in [3.63, 3.8) is 0 Å². The second kappa shape index (κ2) is 11.3. The highest BCUT2D eigenvalue weighted by molar-refractivity contribution is 6.32. The van der Waals surface area contributed by atoms with Crippen LogP contribution in [0.5, 0.6) is 11.5 Å². The molecule has 0 fully saturated rings. The number of carbonyl (C=O) groups is 1. The minimum atomic E-state index is -0.842. The first-order valence-corrected chi connectivity index (χ1v) is 12.0. The van der Waals surface area contributed by atoms with Crippen LogP contribution >= 0.6 is 24.0 Å². The Bertz CT molecular complexity index is 1580. The first-order chi connectivity index (χ1) is 17.9. The number of ether oxygens (including phenoxy) is 1. The lowest BCUT2D eigenvalue weighted by Gasteiger charge is -2.20. The SMILES string of the molecule is CC(C)(CO)C(=O)NCCn1ccc2ncnc(Nc3ccc(Oc4cccc5oncc45)c(Cl)c3)c21.Cl. The summed E-state index contributed by atoms with van der Waals surface area (Å²) in [5, 5.41) is 20.5. The Hall–Kier alpha value is -3.86. The molecule has 5 rings (SSSR count). The van der Waals surface area contributed by atoms with Crippen LogP contribution in [0.15, 0.2) is 65.7 Å². The van der Waals surface area contributed by atoms with Gasteiger partial charge in [0, 0.05) is 25.0 Å². The molecule has 3 N–H and O–H groups in total. The number of halogens is 2. The average Bonchev–Trinajstić information content (AvgIpc) is 3.54. The van der Waals surface area contributed by atoms with Gasteiger partial charge >= 0.3 is 0 Å². The fourth-order valence-electron chi connectivity index (χ4n) is 3.78. The normalized spacial score (nSPS) is 11.4. The summed E-state index contributed by atoms with van der Waals surface area (Å²) >= 11 is 6.55. The predicted octanol–water partition coefficient (Wildman–Crippen LogP) is 5.32. The molecule has 5 aromatic rings. The maximum absolute atomic E-state index is 12.3. The molecule has 0 aliphatic rings. The molecule has 10 nitrogen and oxygen atoms in total. The summed E-state index contributed by atoms with van der Waals surface area (Å²) < 4.78 is 13.2.